The van der Waals surface area contributed by atoms with Gasteiger partial charge in [-0.3, -0.25) is 0 Å². The molecule has 2 rings (SSSR count). The number of halogens is 1. The van der Waals surface area contributed by atoms with E-state index < -0.39 is 5.41 Å². The van der Waals surface area contributed by atoms with Gasteiger partial charge in [-0.15, -0.1) is 0 Å². The highest BCUT2D eigenvalue weighted by Crippen LogP contribution is 2.31. The fraction of sp³-hybridized carbons (Fsp3) is 0.235. The first-order chi connectivity index (χ1) is 9.53. The van der Waals surface area contributed by atoms with E-state index in [9.17, 15) is 9.18 Å². The van der Waals surface area contributed by atoms with Crippen LogP contribution < -0.4 is 4.74 Å². The van der Waals surface area contributed by atoms with Crippen molar-refractivity contribution in [3.63, 3.8) is 0 Å². The van der Waals surface area contributed by atoms with Crippen LogP contribution in [0, 0.1) is 5.82 Å². The molecule has 0 N–H and O–H groups in total. The van der Waals surface area contributed by atoms with Crippen LogP contribution in [0.5, 0.6) is 5.75 Å². The molecule has 0 aromatic heterocycles. The average molecular weight is 272 g/mol. The SMILES string of the molecule is CC(C)(C=O)c1ccc(F)cc1OCc1ccccc1. The van der Waals surface area contributed by atoms with Gasteiger partial charge in [-0.05, 0) is 25.5 Å². The Morgan fingerprint density at radius 1 is 1.15 bits per heavy atom. The average Bonchev–Trinajstić information content (AvgIpc) is 2.46. The van der Waals surface area contributed by atoms with Gasteiger partial charge in [-0.1, -0.05) is 36.4 Å². The molecule has 2 aromatic rings. The minimum Gasteiger partial charge on any atom is -0.488 e. The maximum absolute atomic E-state index is 13.4. The molecule has 0 aliphatic heterocycles. The Bertz CT molecular complexity index is 591. The Kier molecular flexibility index (Phi) is 4.18. The van der Waals surface area contributed by atoms with Crippen LogP contribution >= 0.6 is 0 Å². The molecule has 0 atom stereocenters. The lowest BCUT2D eigenvalue weighted by Gasteiger charge is -2.21. The van der Waals surface area contributed by atoms with Crippen LogP contribution in [-0.4, -0.2) is 6.29 Å². The second-order valence-electron chi connectivity index (χ2n) is 5.25. The molecule has 0 fully saturated rings. The number of carbonyl (C=O) groups is 1. The molecule has 3 heteroatoms. The van der Waals surface area contributed by atoms with Crippen molar-refractivity contribution in [3.8, 4) is 5.75 Å². The lowest BCUT2D eigenvalue weighted by molar-refractivity contribution is -0.111. The first kappa shape index (κ1) is 14.3. The minimum atomic E-state index is -0.709. The maximum Gasteiger partial charge on any atom is 0.130 e. The normalized spacial score (nSPS) is 11.2. The predicted molar refractivity (Wildman–Crippen MR) is 76.3 cm³/mol. The highest BCUT2D eigenvalue weighted by Gasteiger charge is 2.24. The molecule has 0 saturated carbocycles. The fourth-order valence-corrected chi connectivity index (χ4v) is 1.95. The third kappa shape index (κ3) is 3.23. The number of ether oxygens (including phenoxy) is 1. The predicted octanol–water partition coefficient (Wildman–Crippen LogP) is 3.88. The van der Waals surface area contributed by atoms with Gasteiger partial charge in [-0.2, -0.15) is 0 Å². The molecular formula is C17H17FO2. The molecule has 0 saturated heterocycles. The number of aldehydes is 1. The highest BCUT2D eigenvalue weighted by molar-refractivity contribution is 5.69. The molecule has 0 spiro atoms. The molecule has 0 aliphatic carbocycles. The summed E-state index contributed by atoms with van der Waals surface area (Å²) in [7, 11) is 0. The third-order valence-electron chi connectivity index (χ3n) is 3.17. The van der Waals surface area contributed by atoms with Crippen LogP contribution in [0.4, 0.5) is 4.39 Å². The summed E-state index contributed by atoms with van der Waals surface area (Å²) >= 11 is 0. The number of hydrogen-bond donors (Lipinski definition) is 0. The zero-order chi connectivity index (χ0) is 14.6. The highest BCUT2D eigenvalue weighted by atomic mass is 19.1. The van der Waals surface area contributed by atoms with E-state index in [-0.39, 0.29) is 5.82 Å². The van der Waals surface area contributed by atoms with Crippen molar-refractivity contribution >= 4 is 6.29 Å². The van der Waals surface area contributed by atoms with Gasteiger partial charge in [0.05, 0.1) is 0 Å². The summed E-state index contributed by atoms with van der Waals surface area (Å²) in [6.07, 6.45) is 0.843. The van der Waals surface area contributed by atoms with E-state index in [0.717, 1.165) is 11.8 Å². The molecule has 0 heterocycles. The van der Waals surface area contributed by atoms with E-state index in [2.05, 4.69) is 0 Å². The second-order valence-corrected chi connectivity index (χ2v) is 5.25. The second kappa shape index (κ2) is 5.87. The van der Waals surface area contributed by atoms with Crippen molar-refractivity contribution in [2.75, 3.05) is 0 Å². The van der Waals surface area contributed by atoms with Crippen LogP contribution in [0.3, 0.4) is 0 Å². The molecule has 0 amide bonds. The maximum atomic E-state index is 13.4. The smallest absolute Gasteiger partial charge is 0.130 e. The Morgan fingerprint density at radius 3 is 2.50 bits per heavy atom. The summed E-state index contributed by atoms with van der Waals surface area (Å²) in [5.74, 6) is 0.0319. The summed E-state index contributed by atoms with van der Waals surface area (Å²) in [6.45, 7) is 3.90. The van der Waals surface area contributed by atoms with Gasteiger partial charge in [0.25, 0.3) is 0 Å². The Morgan fingerprint density at radius 2 is 1.85 bits per heavy atom. The zero-order valence-electron chi connectivity index (χ0n) is 11.6. The third-order valence-corrected chi connectivity index (χ3v) is 3.17. The van der Waals surface area contributed by atoms with Gasteiger partial charge in [0, 0.05) is 17.0 Å². The molecular weight excluding hydrogens is 255 g/mol. The first-order valence-electron chi connectivity index (χ1n) is 6.46. The lowest BCUT2D eigenvalue weighted by atomic mass is 9.85. The summed E-state index contributed by atoms with van der Waals surface area (Å²) in [5, 5.41) is 0. The van der Waals surface area contributed by atoms with Crippen molar-refractivity contribution in [1.29, 1.82) is 0 Å². The van der Waals surface area contributed by atoms with Gasteiger partial charge < -0.3 is 9.53 Å². The van der Waals surface area contributed by atoms with Crippen LogP contribution in [0.15, 0.2) is 48.5 Å². The monoisotopic (exact) mass is 272 g/mol. The Balaban J connectivity index is 2.26. The molecule has 0 aliphatic rings. The van der Waals surface area contributed by atoms with Crippen molar-refractivity contribution in [1.82, 2.24) is 0 Å². The van der Waals surface area contributed by atoms with Gasteiger partial charge in [0.15, 0.2) is 0 Å². The lowest BCUT2D eigenvalue weighted by Crippen LogP contribution is -2.20. The van der Waals surface area contributed by atoms with E-state index in [1.165, 1.54) is 12.1 Å². The first-order valence-corrected chi connectivity index (χ1v) is 6.46. The molecule has 20 heavy (non-hydrogen) atoms. The van der Waals surface area contributed by atoms with Gasteiger partial charge in [0.1, 0.15) is 24.5 Å². The van der Waals surface area contributed by atoms with E-state index in [1.54, 1.807) is 19.9 Å². The summed E-state index contributed by atoms with van der Waals surface area (Å²) in [6, 6.07) is 13.9. The Labute approximate surface area is 118 Å². The molecule has 2 nitrogen and oxygen atoms in total. The van der Waals surface area contributed by atoms with E-state index in [1.807, 2.05) is 30.3 Å². The van der Waals surface area contributed by atoms with Crippen LogP contribution in [0.2, 0.25) is 0 Å². The number of hydrogen-bond acceptors (Lipinski definition) is 2. The quantitative estimate of drug-likeness (QED) is 0.772. The van der Waals surface area contributed by atoms with Gasteiger partial charge in [0.2, 0.25) is 0 Å². The van der Waals surface area contributed by atoms with Crippen LogP contribution in [-0.2, 0) is 16.8 Å². The van der Waals surface area contributed by atoms with Crippen molar-refractivity contribution in [3.05, 3.63) is 65.5 Å². The number of rotatable bonds is 5. The zero-order valence-corrected chi connectivity index (χ0v) is 11.6. The number of carbonyl (C=O) groups excluding carboxylic acids is 1. The standard InChI is InChI=1S/C17H17FO2/c1-17(2,12-19)15-9-8-14(18)10-16(15)20-11-13-6-4-3-5-7-13/h3-10,12H,11H2,1-2H3. The van der Waals surface area contributed by atoms with Gasteiger partial charge in [-0.25, -0.2) is 4.39 Å². The molecule has 0 bridgehead atoms. The van der Waals surface area contributed by atoms with Crippen molar-refractivity contribution in [2.24, 2.45) is 0 Å². The summed E-state index contributed by atoms with van der Waals surface area (Å²) in [5.41, 5.74) is 0.969. The molecule has 104 valence electrons. The summed E-state index contributed by atoms with van der Waals surface area (Å²) < 4.78 is 19.1. The summed E-state index contributed by atoms with van der Waals surface area (Å²) in [4.78, 5) is 11.2. The van der Waals surface area contributed by atoms with E-state index >= 15 is 0 Å². The minimum absolute atomic E-state index is 0.340. The topological polar surface area (TPSA) is 26.3 Å². The van der Waals surface area contributed by atoms with E-state index in [4.69, 9.17) is 4.74 Å². The number of benzene rings is 2. The van der Waals surface area contributed by atoms with E-state index in [0.29, 0.717) is 17.9 Å². The fourth-order valence-electron chi connectivity index (χ4n) is 1.95. The largest absolute Gasteiger partial charge is 0.488 e. The van der Waals surface area contributed by atoms with Crippen LogP contribution in [0.1, 0.15) is 25.0 Å². The molecule has 0 unspecified atom stereocenters. The van der Waals surface area contributed by atoms with Crippen molar-refractivity contribution in [2.45, 2.75) is 25.9 Å². The Hall–Kier alpha value is -2.16. The molecule has 0 radical (unpaired) electrons. The molecule has 2 aromatic carbocycles. The van der Waals surface area contributed by atoms with Crippen LogP contribution in [0.25, 0.3) is 0 Å². The van der Waals surface area contributed by atoms with Crippen molar-refractivity contribution < 1.29 is 13.9 Å². The van der Waals surface area contributed by atoms with Gasteiger partial charge >= 0.3 is 0 Å².